The zero-order valence-electron chi connectivity index (χ0n) is 23.9. The molecular formula is C30H61NO5. The van der Waals surface area contributed by atoms with Crippen molar-refractivity contribution in [2.45, 2.75) is 154 Å². The molecule has 0 fully saturated rings. The lowest BCUT2D eigenvalue weighted by atomic mass is 10.0. The molecule has 0 aromatic carbocycles. The van der Waals surface area contributed by atoms with E-state index >= 15 is 0 Å². The highest BCUT2D eigenvalue weighted by Crippen LogP contribution is 2.14. The molecule has 0 spiro atoms. The van der Waals surface area contributed by atoms with Crippen LogP contribution in [0.5, 0.6) is 0 Å². The van der Waals surface area contributed by atoms with Crippen LogP contribution in [-0.4, -0.2) is 71.2 Å². The fourth-order valence-corrected chi connectivity index (χ4v) is 4.60. The lowest BCUT2D eigenvalue weighted by Crippen LogP contribution is -2.42. The van der Waals surface area contributed by atoms with Crippen LogP contribution in [0, 0.1) is 0 Å². The molecule has 6 heteroatoms. The molecule has 0 aromatic heterocycles. The van der Waals surface area contributed by atoms with Crippen LogP contribution in [0.25, 0.3) is 0 Å². The Morgan fingerprint density at radius 2 is 1.17 bits per heavy atom. The first-order valence-electron chi connectivity index (χ1n) is 15.4. The highest BCUT2D eigenvalue weighted by molar-refractivity contribution is 5.76. The van der Waals surface area contributed by atoms with Gasteiger partial charge in [-0.05, 0) is 12.8 Å². The fraction of sp³-hybridized carbons (Fsp3) is 0.967. The third-order valence-electron chi connectivity index (χ3n) is 6.91. The molecule has 0 bridgehead atoms. The Bertz CT molecular complexity index is 463. The van der Waals surface area contributed by atoms with Gasteiger partial charge in [0, 0.05) is 19.7 Å². The van der Waals surface area contributed by atoms with E-state index in [9.17, 15) is 20.1 Å². The first kappa shape index (κ1) is 35.3. The molecule has 3 N–H and O–H groups in total. The van der Waals surface area contributed by atoms with E-state index in [1.807, 2.05) is 0 Å². The topological polar surface area (TPSA) is 90.2 Å². The Morgan fingerprint density at radius 1 is 0.694 bits per heavy atom. The number of ether oxygens (including phenoxy) is 1. The molecule has 0 rings (SSSR count). The molecule has 2 atom stereocenters. The maximum absolute atomic E-state index is 12.6. The molecule has 2 unspecified atom stereocenters. The number of rotatable bonds is 28. The Hall–Kier alpha value is -0.690. The number of aliphatic hydroxyl groups is 3. The molecule has 6 nitrogen and oxygen atoms in total. The van der Waals surface area contributed by atoms with E-state index in [1.165, 1.54) is 94.8 Å². The third-order valence-corrected chi connectivity index (χ3v) is 6.91. The van der Waals surface area contributed by atoms with E-state index in [0.29, 0.717) is 13.0 Å². The molecule has 216 valence electrons. The second-order valence-electron chi connectivity index (χ2n) is 10.6. The minimum atomic E-state index is -0.783. The number of hydrogen-bond acceptors (Lipinski definition) is 5. The molecule has 0 heterocycles. The minimum Gasteiger partial charge on any atom is -0.395 e. The number of nitrogens with zero attached hydrogens (tertiary/aromatic N) is 1. The summed E-state index contributed by atoms with van der Waals surface area (Å²) in [6.45, 7) is 5.41. The van der Waals surface area contributed by atoms with Gasteiger partial charge in [-0.15, -0.1) is 0 Å². The number of carbonyl (C=O) groups excluding carboxylic acids is 1. The van der Waals surface area contributed by atoms with Crippen LogP contribution in [0.2, 0.25) is 0 Å². The zero-order chi connectivity index (χ0) is 26.7. The van der Waals surface area contributed by atoms with Crippen LogP contribution in [0.3, 0.4) is 0 Å². The SMILES string of the molecule is CCCCCCCCCCCCCC(O)CC(=O)N(CCO)CC(O)COCCCCCCCCC. The van der Waals surface area contributed by atoms with Gasteiger partial charge in [-0.25, -0.2) is 0 Å². The van der Waals surface area contributed by atoms with Gasteiger partial charge in [0.1, 0.15) is 0 Å². The standard InChI is InChI=1S/C30H61NO5/c1-3-5-7-9-11-12-13-14-15-17-19-21-28(33)25-30(35)31(22-23-32)26-29(34)27-36-24-20-18-16-10-8-6-4-2/h28-29,32-34H,3-27H2,1-2H3. The second kappa shape index (κ2) is 27.3. The van der Waals surface area contributed by atoms with Crippen molar-refractivity contribution in [3.05, 3.63) is 0 Å². The van der Waals surface area contributed by atoms with Gasteiger partial charge < -0.3 is 25.0 Å². The van der Waals surface area contributed by atoms with Crippen molar-refractivity contribution in [1.29, 1.82) is 0 Å². The Morgan fingerprint density at radius 3 is 1.67 bits per heavy atom. The summed E-state index contributed by atoms with van der Waals surface area (Å²) in [7, 11) is 0. The number of carbonyl (C=O) groups is 1. The number of amides is 1. The summed E-state index contributed by atoms with van der Waals surface area (Å²) >= 11 is 0. The van der Waals surface area contributed by atoms with Gasteiger partial charge in [-0.2, -0.15) is 0 Å². The maximum Gasteiger partial charge on any atom is 0.225 e. The Balaban J connectivity index is 3.86. The van der Waals surface area contributed by atoms with Crippen LogP contribution in [-0.2, 0) is 9.53 Å². The van der Waals surface area contributed by atoms with Gasteiger partial charge in [-0.3, -0.25) is 4.79 Å². The van der Waals surface area contributed by atoms with E-state index in [0.717, 1.165) is 25.7 Å². The van der Waals surface area contributed by atoms with Crippen LogP contribution < -0.4 is 0 Å². The van der Waals surface area contributed by atoms with E-state index in [4.69, 9.17) is 4.74 Å². The van der Waals surface area contributed by atoms with Crippen LogP contribution >= 0.6 is 0 Å². The Kier molecular flexibility index (Phi) is 26.8. The lowest BCUT2D eigenvalue weighted by Gasteiger charge is -2.25. The van der Waals surface area contributed by atoms with Crippen molar-refractivity contribution in [3.63, 3.8) is 0 Å². The van der Waals surface area contributed by atoms with Crippen molar-refractivity contribution < 1.29 is 24.9 Å². The minimum absolute atomic E-state index is 0.0450. The van der Waals surface area contributed by atoms with E-state index in [1.54, 1.807) is 0 Å². The summed E-state index contributed by atoms with van der Waals surface area (Å²) in [6.07, 6.45) is 21.6. The summed E-state index contributed by atoms with van der Waals surface area (Å²) < 4.78 is 5.59. The monoisotopic (exact) mass is 515 g/mol. The van der Waals surface area contributed by atoms with Gasteiger partial charge in [0.15, 0.2) is 0 Å². The first-order valence-corrected chi connectivity index (χ1v) is 15.4. The molecule has 0 aliphatic heterocycles. The van der Waals surface area contributed by atoms with Gasteiger partial charge in [-0.1, -0.05) is 123 Å². The summed E-state index contributed by atoms with van der Waals surface area (Å²) in [4.78, 5) is 14.1. The fourth-order valence-electron chi connectivity index (χ4n) is 4.60. The summed E-state index contributed by atoms with van der Waals surface area (Å²) in [5, 5.41) is 29.9. The number of unbranched alkanes of at least 4 members (excludes halogenated alkanes) is 16. The predicted molar refractivity (Wildman–Crippen MR) is 150 cm³/mol. The van der Waals surface area contributed by atoms with Crippen LogP contribution in [0.1, 0.15) is 142 Å². The zero-order valence-corrected chi connectivity index (χ0v) is 23.9. The molecule has 36 heavy (non-hydrogen) atoms. The maximum atomic E-state index is 12.6. The molecular weight excluding hydrogens is 454 g/mol. The molecule has 0 saturated heterocycles. The summed E-state index contributed by atoms with van der Waals surface area (Å²) in [6, 6.07) is 0. The van der Waals surface area contributed by atoms with E-state index in [-0.39, 0.29) is 38.6 Å². The van der Waals surface area contributed by atoms with Crippen molar-refractivity contribution >= 4 is 5.91 Å². The summed E-state index contributed by atoms with van der Waals surface area (Å²) in [5.74, 6) is -0.217. The average molecular weight is 516 g/mol. The molecule has 0 saturated carbocycles. The van der Waals surface area contributed by atoms with Gasteiger partial charge in [0.25, 0.3) is 0 Å². The third kappa shape index (κ3) is 23.7. The molecule has 0 aliphatic carbocycles. The van der Waals surface area contributed by atoms with Gasteiger partial charge in [0.05, 0.1) is 31.8 Å². The largest absolute Gasteiger partial charge is 0.395 e. The average Bonchev–Trinajstić information content (AvgIpc) is 2.86. The first-order chi connectivity index (χ1) is 17.5. The molecule has 0 aliphatic rings. The van der Waals surface area contributed by atoms with E-state index in [2.05, 4.69) is 13.8 Å². The van der Waals surface area contributed by atoms with Gasteiger partial charge >= 0.3 is 0 Å². The highest BCUT2D eigenvalue weighted by Gasteiger charge is 2.20. The second-order valence-corrected chi connectivity index (χ2v) is 10.6. The van der Waals surface area contributed by atoms with Crippen LogP contribution in [0.4, 0.5) is 0 Å². The smallest absolute Gasteiger partial charge is 0.225 e. The van der Waals surface area contributed by atoms with Crippen molar-refractivity contribution in [3.8, 4) is 0 Å². The predicted octanol–water partition coefficient (Wildman–Crippen LogP) is 6.39. The van der Waals surface area contributed by atoms with Gasteiger partial charge in [0.2, 0.25) is 5.91 Å². The number of aliphatic hydroxyl groups excluding tert-OH is 3. The van der Waals surface area contributed by atoms with Crippen LogP contribution in [0.15, 0.2) is 0 Å². The molecule has 0 radical (unpaired) electrons. The number of hydrogen-bond donors (Lipinski definition) is 3. The Labute approximate surface area is 223 Å². The normalized spacial score (nSPS) is 13.1. The molecule has 0 aromatic rings. The highest BCUT2D eigenvalue weighted by atomic mass is 16.5. The quantitative estimate of drug-likeness (QED) is 0.105. The summed E-state index contributed by atoms with van der Waals surface area (Å²) in [5.41, 5.74) is 0. The lowest BCUT2D eigenvalue weighted by molar-refractivity contribution is -0.136. The van der Waals surface area contributed by atoms with Crippen molar-refractivity contribution in [2.75, 3.05) is 32.9 Å². The van der Waals surface area contributed by atoms with Crippen molar-refractivity contribution in [1.82, 2.24) is 4.90 Å². The van der Waals surface area contributed by atoms with Crippen molar-refractivity contribution in [2.24, 2.45) is 0 Å². The van der Waals surface area contributed by atoms with E-state index < -0.39 is 12.2 Å². The molecule has 1 amide bonds.